The number of aromatic nitrogens is 2. The molecule has 0 radical (unpaired) electrons. The molecule has 2 fully saturated rings. The van der Waals surface area contributed by atoms with Gasteiger partial charge in [-0.3, -0.25) is 0 Å². The summed E-state index contributed by atoms with van der Waals surface area (Å²) < 4.78 is 0. The summed E-state index contributed by atoms with van der Waals surface area (Å²) in [7, 11) is 0. The van der Waals surface area contributed by atoms with Gasteiger partial charge in [0.25, 0.3) is 0 Å². The minimum Gasteiger partial charge on any atom is -0.396 e. The molecule has 0 saturated heterocycles. The fraction of sp³-hybridized carbons (Fsp3) is 0.667. The standard InChI is InChI=1S/C12H17ClN4/c13-11-6-10(14)12(17-16-11)15-9-4-7-1-2-8(3-7)5-9/h6-9H,1-5H2,(H2,14,16)(H,15,17)/t7-,8?,9+/m0/s1. The van der Waals surface area contributed by atoms with Crippen molar-refractivity contribution in [3.05, 3.63) is 11.2 Å². The Kier molecular flexibility index (Phi) is 2.82. The average molecular weight is 253 g/mol. The highest BCUT2D eigenvalue weighted by Gasteiger charge is 2.34. The van der Waals surface area contributed by atoms with Crippen molar-refractivity contribution in [3.63, 3.8) is 0 Å². The van der Waals surface area contributed by atoms with Crippen molar-refractivity contribution in [2.24, 2.45) is 11.8 Å². The van der Waals surface area contributed by atoms with Crippen molar-refractivity contribution in [2.45, 2.75) is 38.1 Å². The molecule has 0 amide bonds. The van der Waals surface area contributed by atoms with Gasteiger partial charge >= 0.3 is 0 Å². The van der Waals surface area contributed by atoms with E-state index in [1.54, 1.807) is 6.07 Å². The molecule has 2 saturated carbocycles. The summed E-state index contributed by atoms with van der Waals surface area (Å²) in [6.45, 7) is 0. The predicted octanol–water partition coefficient (Wildman–Crippen LogP) is 2.70. The number of nitrogens with two attached hydrogens (primary N) is 1. The topological polar surface area (TPSA) is 63.8 Å². The zero-order valence-corrected chi connectivity index (χ0v) is 10.5. The third-order valence-electron chi connectivity index (χ3n) is 4.02. The molecule has 1 heterocycles. The lowest BCUT2D eigenvalue weighted by atomic mass is 9.85. The molecule has 1 aromatic heterocycles. The largest absolute Gasteiger partial charge is 0.396 e. The zero-order valence-electron chi connectivity index (χ0n) is 9.69. The summed E-state index contributed by atoms with van der Waals surface area (Å²) >= 11 is 5.73. The van der Waals surface area contributed by atoms with Crippen LogP contribution in [0.3, 0.4) is 0 Å². The van der Waals surface area contributed by atoms with Crippen LogP contribution in [-0.2, 0) is 0 Å². The first-order valence-electron chi connectivity index (χ1n) is 6.26. The highest BCUT2D eigenvalue weighted by atomic mass is 35.5. The second-order valence-corrected chi connectivity index (χ2v) is 5.72. The first-order valence-corrected chi connectivity index (χ1v) is 6.63. The average Bonchev–Trinajstić information content (AvgIpc) is 2.62. The number of rotatable bonds is 2. The van der Waals surface area contributed by atoms with Gasteiger partial charge in [-0.25, -0.2) is 0 Å². The quantitative estimate of drug-likeness (QED) is 0.850. The molecule has 0 aromatic carbocycles. The lowest BCUT2D eigenvalue weighted by molar-refractivity contribution is 0.333. The van der Waals surface area contributed by atoms with E-state index in [1.807, 2.05) is 0 Å². The molecule has 2 aliphatic carbocycles. The van der Waals surface area contributed by atoms with Crippen LogP contribution >= 0.6 is 11.6 Å². The van der Waals surface area contributed by atoms with E-state index in [9.17, 15) is 0 Å². The summed E-state index contributed by atoms with van der Waals surface area (Å²) in [5.41, 5.74) is 6.46. The van der Waals surface area contributed by atoms with Gasteiger partial charge in [0.2, 0.25) is 0 Å². The molecule has 3 atom stereocenters. The summed E-state index contributed by atoms with van der Waals surface area (Å²) in [5, 5.41) is 11.6. The zero-order chi connectivity index (χ0) is 11.8. The molecule has 5 heteroatoms. The molecular formula is C12H17ClN4. The van der Waals surface area contributed by atoms with Crippen LogP contribution in [0.2, 0.25) is 5.15 Å². The van der Waals surface area contributed by atoms with Gasteiger partial charge in [-0.15, -0.1) is 10.2 Å². The SMILES string of the molecule is Nc1cc(Cl)nnc1N[C@H]1CC2CC[C@@H](C2)C1. The van der Waals surface area contributed by atoms with Crippen molar-refractivity contribution >= 4 is 23.1 Å². The van der Waals surface area contributed by atoms with Crippen molar-refractivity contribution < 1.29 is 0 Å². The molecule has 1 unspecified atom stereocenters. The van der Waals surface area contributed by atoms with Crippen LogP contribution in [0.4, 0.5) is 11.5 Å². The second kappa shape index (κ2) is 4.33. The fourth-order valence-electron chi connectivity index (χ4n) is 3.31. The van der Waals surface area contributed by atoms with Crippen molar-refractivity contribution in [3.8, 4) is 0 Å². The molecule has 2 bridgehead atoms. The van der Waals surface area contributed by atoms with Crippen LogP contribution < -0.4 is 11.1 Å². The molecular weight excluding hydrogens is 236 g/mol. The third-order valence-corrected chi connectivity index (χ3v) is 4.20. The minimum atomic E-state index is 0.344. The third kappa shape index (κ3) is 2.32. The van der Waals surface area contributed by atoms with Crippen LogP contribution in [0.5, 0.6) is 0 Å². The number of anilines is 2. The Labute approximate surface area is 106 Å². The molecule has 3 N–H and O–H groups in total. The van der Waals surface area contributed by atoms with E-state index >= 15 is 0 Å². The van der Waals surface area contributed by atoms with Crippen LogP contribution in [0.1, 0.15) is 32.1 Å². The van der Waals surface area contributed by atoms with E-state index in [4.69, 9.17) is 17.3 Å². The Morgan fingerprint density at radius 3 is 2.53 bits per heavy atom. The number of nitrogens with one attached hydrogen (secondary N) is 1. The van der Waals surface area contributed by atoms with Crippen molar-refractivity contribution in [2.75, 3.05) is 11.1 Å². The number of halogens is 1. The lowest BCUT2D eigenvalue weighted by Gasteiger charge is -2.28. The first-order chi connectivity index (χ1) is 8.20. The first kappa shape index (κ1) is 11.1. The number of hydrogen-bond donors (Lipinski definition) is 2. The van der Waals surface area contributed by atoms with Crippen LogP contribution in [0, 0.1) is 11.8 Å². The van der Waals surface area contributed by atoms with Crippen LogP contribution in [0.25, 0.3) is 0 Å². The maximum Gasteiger partial charge on any atom is 0.172 e. The van der Waals surface area contributed by atoms with Gasteiger partial charge in [0, 0.05) is 12.1 Å². The van der Waals surface area contributed by atoms with Gasteiger partial charge in [-0.2, -0.15) is 0 Å². The van der Waals surface area contributed by atoms with E-state index < -0.39 is 0 Å². The van der Waals surface area contributed by atoms with Gasteiger partial charge in [0.05, 0.1) is 5.69 Å². The maximum absolute atomic E-state index is 5.87. The Morgan fingerprint density at radius 1 is 1.18 bits per heavy atom. The van der Waals surface area contributed by atoms with Crippen molar-refractivity contribution in [1.29, 1.82) is 0 Å². The number of fused-ring (bicyclic) bond motifs is 2. The lowest BCUT2D eigenvalue weighted by Crippen LogP contribution is -2.28. The van der Waals surface area contributed by atoms with Gasteiger partial charge in [-0.05, 0) is 31.1 Å². The molecule has 4 nitrogen and oxygen atoms in total. The highest BCUT2D eigenvalue weighted by molar-refractivity contribution is 6.29. The number of nitrogen functional groups attached to an aromatic ring is 1. The van der Waals surface area contributed by atoms with Gasteiger partial charge in [-0.1, -0.05) is 24.4 Å². The molecule has 0 spiro atoms. The van der Waals surface area contributed by atoms with E-state index in [-0.39, 0.29) is 0 Å². The fourth-order valence-corrected chi connectivity index (χ4v) is 3.47. The molecule has 0 aliphatic heterocycles. The molecule has 3 rings (SSSR count). The van der Waals surface area contributed by atoms with Crippen LogP contribution in [0.15, 0.2) is 6.07 Å². The van der Waals surface area contributed by atoms with Crippen molar-refractivity contribution in [1.82, 2.24) is 10.2 Å². The van der Waals surface area contributed by atoms with E-state index in [0.29, 0.717) is 22.7 Å². The Morgan fingerprint density at radius 2 is 1.88 bits per heavy atom. The smallest absolute Gasteiger partial charge is 0.172 e. The van der Waals surface area contributed by atoms with Gasteiger partial charge in [0.15, 0.2) is 11.0 Å². The number of hydrogen-bond acceptors (Lipinski definition) is 4. The van der Waals surface area contributed by atoms with E-state index in [1.165, 1.54) is 32.1 Å². The predicted molar refractivity (Wildman–Crippen MR) is 68.9 cm³/mol. The van der Waals surface area contributed by atoms with Gasteiger partial charge in [0.1, 0.15) is 0 Å². The maximum atomic E-state index is 5.87. The monoisotopic (exact) mass is 252 g/mol. The summed E-state index contributed by atoms with van der Waals surface area (Å²) in [6.07, 6.45) is 6.68. The summed E-state index contributed by atoms with van der Waals surface area (Å²) in [4.78, 5) is 0. The van der Waals surface area contributed by atoms with Crippen LogP contribution in [-0.4, -0.2) is 16.2 Å². The molecule has 1 aromatic rings. The summed E-state index contributed by atoms with van der Waals surface area (Å²) in [5.74, 6) is 2.47. The summed E-state index contributed by atoms with van der Waals surface area (Å²) in [6, 6.07) is 2.15. The Balaban J connectivity index is 1.70. The number of nitrogens with zero attached hydrogens (tertiary/aromatic N) is 2. The Hall–Kier alpha value is -1.03. The highest BCUT2D eigenvalue weighted by Crippen LogP contribution is 2.42. The minimum absolute atomic E-state index is 0.344. The molecule has 92 valence electrons. The normalized spacial score (nSPS) is 31.5. The Bertz CT molecular complexity index is 411. The van der Waals surface area contributed by atoms with E-state index in [0.717, 1.165) is 11.8 Å². The van der Waals surface area contributed by atoms with Gasteiger partial charge < -0.3 is 11.1 Å². The molecule has 2 aliphatic rings. The second-order valence-electron chi connectivity index (χ2n) is 5.33. The van der Waals surface area contributed by atoms with E-state index in [2.05, 4.69) is 15.5 Å². The molecule has 17 heavy (non-hydrogen) atoms.